The minimum atomic E-state index is -0.397. The quantitative estimate of drug-likeness (QED) is 0.563. The third-order valence-corrected chi connectivity index (χ3v) is 8.61. The molecule has 1 N–H and O–H groups in total. The zero-order valence-electron chi connectivity index (χ0n) is 15.1. The molecule has 26 heavy (non-hydrogen) atoms. The molecule has 0 aromatic carbocycles. The van der Waals surface area contributed by atoms with E-state index < -0.39 is 6.10 Å². The number of cyclic esters (lactones) is 1. The third-order valence-electron chi connectivity index (χ3n) is 8.61. The van der Waals surface area contributed by atoms with Gasteiger partial charge in [0.25, 0.3) is 0 Å². The number of ether oxygens (including phenoxy) is 4. The first-order chi connectivity index (χ1) is 12.5. The van der Waals surface area contributed by atoms with Gasteiger partial charge in [-0.3, -0.25) is 0 Å². The van der Waals surface area contributed by atoms with Crippen LogP contribution in [0.5, 0.6) is 0 Å². The number of carbonyl (C=O) groups excluding carboxylic acids is 1. The molecule has 6 rings (SSSR count). The normalized spacial score (nSPS) is 57.4. The lowest BCUT2D eigenvalue weighted by atomic mass is 9.41. The van der Waals surface area contributed by atoms with E-state index in [1.807, 2.05) is 6.08 Å². The minimum absolute atomic E-state index is 0.161. The van der Waals surface area contributed by atoms with Crippen molar-refractivity contribution in [1.29, 1.82) is 0 Å². The number of carbonyl (C=O) groups is 1. The van der Waals surface area contributed by atoms with Crippen molar-refractivity contribution in [2.24, 2.45) is 22.7 Å². The zero-order valence-corrected chi connectivity index (χ0v) is 15.1. The first-order valence-corrected chi connectivity index (χ1v) is 10.00. The highest BCUT2D eigenvalue weighted by Gasteiger charge is 2.79. The molecule has 0 unspecified atom stereocenters. The molecule has 5 fully saturated rings. The van der Waals surface area contributed by atoms with Gasteiger partial charge in [0.2, 0.25) is 0 Å². The lowest BCUT2D eigenvalue weighted by Gasteiger charge is -2.66. The first kappa shape index (κ1) is 16.0. The van der Waals surface area contributed by atoms with Crippen LogP contribution in [0.25, 0.3) is 0 Å². The fraction of sp³-hybridized carbons (Fsp3) is 0.850. The molecule has 0 amide bonds. The van der Waals surface area contributed by atoms with E-state index in [0.29, 0.717) is 24.7 Å². The van der Waals surface area contributed by atoms with Crippen molar-refractivity contribution in [2.75, 3.05) is 19.8 Å². The number of hydrogen-bond donors (Lipinski definition) is 1. The van der Waals surface area contributed by atoms with Crippen LogP contribution in [0.1, 0.15) is 39.0 Å². The molecule has 2 bridgehead atoms. The van der Waals surface area contributed by atoms with Crippen LogP contribution in [-0.2, 0) is 23.7 Å². The van der Waals surface area contributed by atoms with Gasteiger partial charge in [-0.25, -0.2) is 4.79 Å². The Balaban J connectivity index is 1.45. The van der Waals surface area contributed by atoms with E-state index in [0.717, 1.165) is 38.7 Å². The molecule has 0 aromatic heterocycles. The molecule has 8 atom stereocenters. The Kier molecular flexibility index (Phi) is 3.03. The molecule has 6 heteroatoms. The maximum atomic E-state index is 12.1. The van der Waals surface area contributed by atoms with Gasteiger partial charge >= 0.3 is 5.97 Å². The summed E-state index contributed by atoms with van der Waals surface area (Å²) in [6.45, 7) is 3.79. The van der Waals surface area contributed by atoms with Crippen molar-refractivity contribution in [1.82, 2.24) is 0 Å². The van der Waals surface area contributed by atoms with Gasteiger partial charge in [0, 0.05) is 5.41 Å². The number of hydrogen-bond acceptors (Lipinski definition) is 6. The second kappa shape index (κ2) is 4.90. The van der Waals surface area contributed by atoms with E-state index in [-0.39, 0.29) is 40.7 Å². The topological polar surface area (TPSA) is 77.5 Å². The zero-order chi connectivity index (χ0) is 17.7. The van der Waals surface area contributed by atoms with Gasteiger partial charge in [-0.15, -0.1) is 0 Å². The van der Waals surface area contributed by atoms with E-state index >= 15 is 0 Å². The second-order valence-corrected chi connectivity index (χ2v) is 9.26. The molecule has 2 saturated carbocycles. The van der Waals surface area contributed by atoms with Crippen molar-refractivity contribution in [3.8, 4) is 0 Å². The highest BCUT2D eigenvalue weighted by molar-refractivity contribution is 5.91. The van der Waals surface area contributed by atoms with Crippen LogP contribution in [0.3, 0.4) is 0 Å². The summed E-state index contributed by atoms with van der Waals surface area (Å²) in [6.07, 6.45) is 5.62. The van der Waals surface area contributed by atoms with Crippen LogP contribution in [0.15, 0.2) is 11.6 Å². The lowest BCUT2D eigenvalue weighted by molar-refractivity contribution is -0.330. The first-order valence-electron chi connectivity index (χ1n) is 10.00. The minimum Gasteiger partial charge on any atom is -0.458 e. The van der Waals surface area contributed by atoms with Crippen LogP contribution >= 0.6 is 0 Å². The molecule has 3 saturated heterocycles. The number of rotatable bonds is 1. The Bertz CT molecular complexity index is 698. The van der Waals surface area contributed by atoms with Crippen molar-refractivity contribution < 1.29 is 28.8 Å². The van der Waals surface area contributed by atoms with Gasteiger partial charge in [0.15, 0.2) is 6.29 Å². The van der Waals surface area contributed by atoms with Gasteiger partial charge < -0.3 is 24.1 Å². The molecule has 142 valence electrons. The molecule has 2 spiro atoms. The van der Waals surface area contributed by atoms with E-state index in [1.165, 1.54) is 0 Å². The Labute approximate surface area is 152 Å². The number of epoxide rings is 1. The molecule has 0 radical (unpaired) electrons. The van der Waals surface area contributed by atoms with Crippen LogP contribution in [0, 0.1) is 22.7 Å². The molecular weight excluding hydrogens is 336 g/mol. The molecule has 2 aliphatic carbocycles. The molecular formula is C20H26O6. The molecule has 6 aliphatic rings. The summed E-state index contributed by atoms with van der Waals surface area (Å²) in [5.74, 6) is 0.329. The molecule has 0 aromatic rings. The fourth-order valence-electron chi connectivity index (χ4n) is 7.33. The Morgan fingerprint density at radius 2 is 2.15 bits per heavy atom. The monoisotopic (exact) mass is 362 g/mol. The smallest absolute Gasteiger partial charge is 0.336 e. The largest absolute Gasteiger partial charge is 0.458 e. The molecule has 6 nitrogen and oxygen atoms in total. The predicted molar refractivity (Wildman–Crippen MR) is 88.9 cm³/mol. The van der Waals surface area contributed by atoms with E-state index in [4.69, 9.17) is 18.9 Å². The van der Waals surface area contributed by atoms with Gasteiger partial charge in [-0.2, -0.15) is 0 Å². The van der Waals surface area contributed by atoms with Crippen molar-refractivity contribution in [3.63, 3.8) is 0 Å². The van der Waals surface area contributed by atoms with E-state index in [1.54, 1.807) is 0 Å². The van der Waals surface area contributed by atoms with Crippen LogP contribution in [0.4, 0.5) is 0 Å². The third kappa shape index (κ3) is 1.62. The summed E-state index contributed by atoms with van der Waals surface area (Å²) in [4.78, 5) is 12.1. The second-order valence-electron chi connectivity index (χ2n) is 9.26. The summed E-state index contributed by atoms with van der Waals surface area (Å²) in [5, 5.41) is 11.2. The Morgan fingerprint density at radius 3 is 2.88 bits per heavy atom. The summed E-state index contributed by atoms with van der Waals surface area (Å²) in [7, 11) is 0. The van der Waals surface area contributed by atoms with E-state index in [2.05, 4.69) is 6.92 Å². The standard InChI is InChI=1S/C20H26O6/c1-11-7-15(21)20-10-24-17-19(11,14(20)3-2-5-18(20)9-25-18)8-13(26-17)12-4-6-23-16(12)22/h4,11,13-15,17,21H,2-3,5-10H2,1H3/t11-,13+,14-,15+,17+,18+,19+,20+/m1/s1. The average molecular weight is 362 g/mol. The highest BCUT2D eigenvalue weighted by atomic mass is 16.7. The van der Waals surface area contributed by atoms with Crippen LogP contribution < -0.4 is 0 Å². The van der Waals surface area contributed by atoms with Gasteiger partial charge in [-0.1, -0.05) is 13.3 Å². The van der Waals surface area contributed by atoms with Gasteiger partial charge in [0.05, 0.1) is 36.4 Å². The van der Waals surface area contributed by atoms with Gasteiger partial charge in [0.1, 0.15) is 12.2 Å². The van der Waals surface area contributed by atoms with Crippen LogP contribution in [0.2, 0.25) is 0 Å². The summed E-state index contributed by atoms with van der Waals surface area (Å²) >= 11 is 0. The lowest BCUT2D eigenvalue weighted by Crippen LogP contribution is -2.71. The van der Waals surface area contributed by atoms with Crippen molar-refractivity contribution in [2.45, 2.75) is 63.1 Å². The average Bonchev–Trinajstić information content (AvgIpc) is 3.10. The maximum Gasteiger partial charge on any atom is 0.336 e. The number of aliphatic hydroxyl groups is 1. The number of esters is 1. The summed E-state index contributed by atoms with van der Waals surface area (Å²) in [5.41, 5.74) is -0.0474. The van der Waals surface area contributed by atoms with E-state index in [9.17, 15) is 9.90 Å². The van der Waals surface area contributed by atoms with Crippen LogP contribution in [-0.4, -0.2) is 55.0 Å². The summed E-state index contributed by atoms with van der Waals surface area (Å²) < 4.78 is 23.8. The Morgan fingerprint density at radius 1 is 1.31 bits per heavy atom. The Hall–Kier alpha value is -0.950. The maximum absolute atomic E-state index is 12.1. The van der Waals surface area contributed by atoms with Crippen molar-refractivity contribution >= 4 is 5.97 Å². The molecule has 4 aliphatic heterocycles. The predicted octanol–water partition coefficient (Wildman–Crippen LogP) is 1.56. The highest BCUT2D eigenvalue weighted by Crippen LogP contribution is 2.73. The number of aliphatic hydroxyl groups excluding tert-OH is 1. The summed E-state index contributed by atoms with van der Waals surface area (Å²) in [6, 6.07) is 0. The fourth-order valence-corrected chi connectivity index (χ4v) is 7.33. The van der Waals surface area contributed by atoms with Gasteiger partial charge in [-0.05, 0) is 43.6 Å². The SMILES string of the molecule is C[C@@H]1C[C@H](O)[C@]23CO[C@H]4O[C@H](C5=CCOC5=O)C[C@]41[C@H]2CCC[C@]31CO1. The molecule has 4 heterocycles. The van der Waals surface area contributed by atoms with Crippen molar-refractivity contribution in [3.05, 3.63) is 11.6 Å².